The lowest BCUT2D eigenvalue weighted by Crippen LogP contribution is -2.31. The van der Waals surface area contributed by atoms with E-state index in [9.17, 15) is 18.1 Å². The number of phosphoric ester groups is 1. The zero-order valence-electron chi connectivity index (χ0n) is 31.5. The molecular formula is C36H50F2N7O7P. The van der Waals surface area contributed by atoms with Crippen LogP contribution >= 0.6 is 7.82 Å². The van der Waals surface area contributed by atoms with Gasteiger partial charge in [-0.05, 0) is 79.1 Å². The van der Waals surface area contributed by atoms with Crippen LogP contribution in [-0.2, 0) is 29.4 Å². The van der Waals surface area contributed by atoms with E-state index in [2.05, 4.69) is 42.6 Å². The molecule has 0 unspecified atom stereocenters. The van der Waals surface area contributed by atoms with Crippen molar-refractivity contribution in [1.82, 2.24) is 25.1 Å². The number of carbonyl (C=O) groups is 1. The molecule has 2 aromatic carbocycles. The van der Waals surface area contributed by atoms with Crippen LogP contribution in [0.3, 0.4) is 0 Å². The van der Waals surface area contributed by atoms with Gasteiger partial charge in [0.25, 0.3) is 0 Å². The molecule has 17 heteroatoms. The van der Waals surface area contributed by atoms with Gasteiger partial charge in [0.1, 0.15) is 23.8 Å². The molecule has 0 saturated carbocycles. The molecule has 3 N–H and O–H groups in total. The number of ether oxygens (including phenoxy) is 2. The maximum absolute atomic E-state index is 13.5. The predicted octanol–water partition coefficient (Wildman–Crippen LogP) is 7.80. The lowest BCUT2D eigenvalue weighted by molar-refractivity contribution is -0.115. The van der Waals surface area contributed by atoms with Crippen LogP contribution in [0.5, 0.6) is 11.5 Å². The van der Waals surface area contributed by atoms with Crippen molar-refractivity contribution in [2.24, 2.45) is 0 Å². The normalized spacial score (nSPS) is 12.4. The van der Waals surface area contributed by atoms with Gasteiger partial charge in [0, 0.05) is 48.1 Å². The molecular weight excluding hydrogens is 711 g/mol. The Morgan fingerprint density at radius 1 is 0.906 bits per heavy atom. The minimum absolute atomic E-state index is 0.0121. The van der Waals surface area contributed by atoms with E-state index in [4.69, 9.17) is 23.0 Å². The van der Waals surface area contributed by atoms with E-state index in [0.29, 0.717) is 65.8 Å². The number of anilines is 3. The van der Waals surface area contributed by atoms with Gasteiger partial charge in [0.2, 0.25) is 5.91 Å². The van der Waals surface area contributed by atoms with E-state index in [1.807, 2.05) is 0 Å². The highest BCUT2D eigenvalue weighted by Gasteiger charge is 2.37. The summed E-state index contributed by atoms with van der Waals surface area (Å²) in [5.74, 6) is -0.243. The number of amides is 1. The number of phosphoric acid groups is 1. The first-order valence-electron chi connectivity index (χ1n) is 17.4. The second-order valence-corrected chi connectivity index (χ2v) is 15.8. The molecule has 0 spiro atoms. The molecule has 2 heterocycles. The number of hydrogen-bond donors (Lipinski definition) is 3. The number of hydrogen-bond acceptors (Lipinski definition) is 12. The molecule has 1 amide bonds. The number of aromatic amines is 1. The average molecular weight is 762 g/mol. The second kappa shape index (κ2) is 18.2. The molecule has 0 fully saturated rings. The summed E-state index contributed by atoms with van der Waals surface area (Å²) >= 11 is 0. The molecule has 0 atom stereocenters. The Kier molecular flexibility index (Phi) is 14.3. The summed E-state index contributed by atoms with van der Waals surface area (Å²) in [5.41, 5.74) is -0.349. The first kappa shape index (κ1) is 41.5. The van der Waals surface area contributed by atoms with E-state index in [1.54, 1.807) is 66.9 Å². The van der Waals surface area contributed by atoms with E-state index < -0.39 is 36.6 Å². The highest BCUT2D eigenvalue weighted by atomic mass is 31.2. The van der Waals surface area contributed by atoms with Crippen molar-refractivity contribution >= 4 is 42.0 Å². The predicted molar refractivity (Wildman–Crippen MR) is 199 cm³/mol. The third-order valence-electron chi connectivity index (χ3n) is 7.14. The number of nitrogens with one attached hydrogen (secondary N) is 3. The van der Waals surface area contributed by atoms with Crippen molar-refractivity contribution in [1.29, 1.82) is 0 Å². The van der Waals surface area contributed by atoms with Gasteiger partial charge in [0.15, 0.2) is 17.3 Å². The Hall–Kier alpha value is -4.21. The van der Waals surface area contributed by atoms with Crippen LogP contribution in [0, 0.1) is 11.6 Å². The lowest BCUT2D eigenvalue weighted by atomic mass is 10.2. The van der Waals surface area contributed by atoms with Crippen molar-refractivity contribution in [3.05, 3.63) is 60.1 Å². The fourth-order valence-electron chi connectivity index (χ4n) is 5.22. The van der Waals surface area contributed by atoms with E-state index in [0.717, 1.165) is 31.2 Å². The average Bonchev–Trinajstić information content (AvgIpc) is 3.46. The minimum atomic E-state index is -3.80. The summed E-state index contributed by atoms with van der Waals surface area (Å²) in [7, 11) is -2.26. The molecule has 0 saturated heterocycles. The maximum atomic E-state index is 13.5. The summed E-state index contributed by atoms with van der Waals surface area (Å²) in [6.07, 6.45) is 2.92. The third kappa shape index (κ3) is 13.6. The van der Waals surface area contributed by atoms with Gasteiger partial charge >= 0.3 is 7.82 Å². The zero-order chi connectivity index (χ0) is 38.8. The lowest BCUT2D eigenvalue weighted by Gasteiger charge is -2.31. The smallest absolute Gasteiger partial charge is 0.475 e. The first-order valence-corrected chi connectivity index (χ1v) is 18.8. The summed E-state index contributed by atoms with van der Waals surface area (Å²) < 4.78 is 69.4. The number of methoxy groups -OCH3 is 1. The highest BCUT2D eigenvalue weighted by Crippen LogP contribution is 2.55. The van der Waals surface area contributed by atoms with Crippen molar-refractivity contribution in [3.63, 3.8) is 0 Å². The SMILES string of the molecule is CCCN(CCCOc1cc2ncnc(Nc3cc(CC(=O)Nc4cc(F)cc(F)c4)[nH]n3)c2cc1OC)CCOP(=O)(OC(C)(C)C)OC(C)(C)C. The van der Waals surface area contributed by atoms with E-state index in [-0.39, 0.29) is 18.7 Å². The number of nitrogens with zero attached hydrogens (tertiary/aromatic N) is 4. The fourth-order valence-corrected chi connectivity index (χ4v) is 7.01. The largest absolute Gasteiger partial charge is 0.493 e. The number of carbonyl (C=O) groups excluding carboxylic acids is 1. The Bertz CT molecular complexity index is 1840. The molecule has 0 radical (unpaired) electrons. The van der Waals surface area contributed by atoms with Gasteiger partial charge in [-0.3, -0.25) is 23.5 Å². The van der Waals surface area contributed by atoms with Gasteiger partial charge in [-0.15, -0.1) is 0 Å². The van der Waals surface area contributed by atoms with Crippen LogP contribution in [-0.4, -0.2) is 82.1 Å². The highest BCUT2D eigenvalue weighted by molar-refractivity contribution is 7.48. The summed E-state index contributed by atoms with van der Waals surface area (Å²) in [5, 5.41) is 13.2. The minimum Gasteiger partial charge on any atom is -0.493 e. The maximum Gasteiger partial charge on any atom is 0.475 e. The van der Waals surface area contributed by atoms with Crippen molar-refractivity contribution in [2.45, 2.75) is 78.9 Å². The van der Waals surface area contributed by atoms with Crippen LogP contribution in [0.2, 0.25) is 0 Å². The Labute approximate surface area is 308 Å². The second-order valence-electron chi connectivity index (χ2n) is 14.3. The van der Waals surface area contributed by atoms with Crippen LogP contribution < -0.4 is 20.1 Å². The molecule has 4 aromatic rings. The number of halogens is 2. The number of rotatable bonds is 19. The van der Waals surface area contributed by atoms with Gasteiger partial charge in [-0.1, -0.05) is 6.92 Å². The molecule has 0 aliphatic rings. The topological polar surface area (TPSA) is 162 Å². The molecule has 53 heavy (non-hydrogen) atoms. The van der Waals surface area contributed by atoms with Crippen LogP contribution in [0.15, 0.2) is 42.7 Å². The third-order valence-corrected chi connectivity index (χ3v) is 9.18. The summed E-state index contributed by atoms with van der Waals surface area (Å²) in [6, 6.07) is 7.95. The summed E-state index contributed by atoms with van der Waals surface area (Å²) in [6.45, 7) is 15.6. The molecule has 2 aromatic heterocycles. The van der Waals surface area contributed by atoms with E-state index >= 15 is 0 Å². The van der Waals surface area contributed by atoms with Crippen molar-refractivity contribution in [2.75, 3.05) is 50.6 Å². The molecule has 0 aliphatic carbocycles. The van der Waals surface area contributed by atoms with Crippen LogP contribution in [0.25, 0.3) is 10.9 Å². The monoisotopic (exact) mass is 761 g/mol. The Balaban J connectivity index is 1.33. The summed E-state index contributed by atoms with van der Waals surface area (Å²) in [4.78, 5) is 23.4. The number of aromatic nitrogens is 4. The van der Waals surface area contributed by atoms with Crippen LogP contribution in [0.1, 0.15) is 67.0 Å². The molecule has 4 rings (SSSR count). The number of fused-ring (bicyclic) bond motifs is 1. The van der Waals surface area contributed by atoms with E-state index in [1.165, 1.54) is 6.33 Å². The van der Waals surface area contributed by atoms with Crippen LogP contribution in [0.4, 0.5) is 26.1 Å². The van der Waals surface area contributed by atoms with Crippen molar-refractivity contribution in [3.8, 4) is 11.5 Å². The first-order chi connectivity index (χ1) is 24.9. The van der Waals surface area contributed by atoms with Gasteiger partial charge in [-0.2, -0.15) is 5.10 Å². The number of H-pyrrole nitrogens is 1. The molecule has 14 nitrogen and oxygen atoms in total. The standard InChI is InChI=1S/C36H50F2N7O7P/c1-9-11-45(13-15-50-53(47,51-35(2,3)4)52-36(5,6)7)12-10-14-49-31-22-29-28(21-30(31)48-8)34(40-23-39-29)42-32-19-27(43-44-32)20-33(46)41-26-17-24(37)16-25(38)18-26/h16-19,21-23H,9-15,20H2,1-8H3,(H,41,46)(H2,39,40,42,43,44). The van der Waals surface area contributed by atoms with Gasteiger partial charge in [-0.25, -0.2) is 23.3 Å². The number of benzene rings is 2. The zero-order valence-corrected chi connectivity index (χ0v) is 32.4. The fraction of sp³-hybridized carbons (Fsp3) is 0.500. The molecule has 0 bridgehead atoms. The van der Waals surface area contributed by atoms with Gasteiger partial charge < -0.3 is 25.0 Å². The van der Waals surface area contributed by atoms with Gasteiger partial charge in [0.05, 0.1) is 43.5 Å². The Morgan fingerprint density at radius 2 is 1.60 bits per heavy atom. The molecule has 290 valence electrons. The van der Waals surface area contributed by atoms with Crippen molar-refractivity contribution < 1.29 is 41.2 Å². The molecule has 0 aliphatic heterocycles. The Morgan fingerprint density at radius 3 is 2.25 bits per heavy atom. The quantitative estimate of drug-likeness (QED) is 0.0629.